The van der Waals surface area contributed by atoms with E-state index in [9.17, 15) is 4.79 Å². The zero-order chi connectivity index (χ0) is 13.6. The van der Waals surface area contributed by atoms with Crippen molar-refractivity contribution in [1.29, 1.82) is 0 Å². The third-order valence-corrected chi connectivity index (χ3v) is 4.22. The van der Waals surface area contributed by atoms with Gasteiger partial charge in [0, 0.05) is 6.04 Å². The molecule has 6 heteroatoms. The molecule has 0 aliphatic heterocycles. The van der Waals surface area contributed by atoms with E-state index in [-0.39, 0.29) is 17.5 Å². The monoisotopic (exact) mass is 261 g/mol. The molecule has 1 saturated carbocycles. The number of hydrogen-bond donors (Lipinski definition) is 3. The van der Waals surface area contributed by atoms with Crippen LogP contribution in [-0.4, -0.2) is 14.5 Å². The number of H-pyrrole nitrogens is 1. The Labute approximate surface area is 110 Å². The summed E-state index contributed by atoms with van der Waals surface area (Å²) in [6, 6.07) is 0.194. The summed E-state index contributed by atoms with van der Waals surface area (Å²) in [5.74, 6) is 0.753. The van der Waals surface area contributed by atoms with Crippen LogP contribution in [0.3, 0.4) is 0 Å². The Balaban J connectivity index is 2.25. The molecule has 1 aliphatic rings. The van der Waals surface area contributed by atoms with Crippen LogP contribution in [0, 0.1) is 5.92 Å². The smallest absolute Gasteiger partial charge is 0.326 e. The largest absolute Gasteiger partial charge is 0.394 e. The van der Waals surface area contributed by atoms with Crippen molar-refractivity contribution in [2.75, 3.05) is 11.5 Å². The Morgan fingerprint density at radius 1 is 1.37 bits per heavy atom. The van der Waals surface area contributed by atoms with Gasteiger partial charge in [-0.25, -0.2) is 9.78 Å². The van der Waals surface area contributed by atoms with Crippen molar-refractivity contribution in [3.05, 3.63) is 16.7 Å². The van der Waals surface area contributed by atoms with Gasteiger partial charge < -0.3 is 16.5 Å². The molecule has 1 fully saturated rings. The van der Waals surface area contributed by atoms with Gasteiger partial charge in [0.15, 0.2) is 0 Å². The minimum atomic E-state index is -0.118. The number of rotatable bonds is 1. The highest BCUT2D eigenvalue weighted by Crippen LogP contribution is 2.35. The van der Waals surface area contributed by atoms with E-state index in [1.54, 1.807) is 10.8 Å². The van der Waals surface area contributed by atoms with Crippen LogP contribution in [0.4, 0.5) is 11.5 Å². The Bertz CT molecular complexity index is 671. The van der Waals surface area contributed by atoms with Gasteiger partial charge in [-0.15, -0.1) is 0 Å². The van der Waals surface area contributed by atoms with Gasteiger partial charge in [0.25, 0.3) is 0 Å². The lowest BCUT2D eigenvalue weighted by Gasteiger charge is -2.29. The molecule has 2 heterocycles. The van der Waals surface area contributed by atoms with Crippen LogP contribution < -0.4 is 17.2 Å². The molecule has 0 unspecified atom stereocenters. The fraction of sp³-hybridized carbons (Fsp3) is 0.538. The van der Waals surface area contributed by atoms with Gasteiger partial charge in [0.1, 0.15) is 11.5 Å². The maximum atomic E-state index is 12.2. The molecular weight excluding hydrogens is 242 g/mol. The van der Waals surface area contributed by atoms with E-state index in [1.165, 1.54) is 6.42 Å². The van der Waals surface area contributed by atoms with Crippen LogP contribution in [0.5, 0.6) is 0 Å². The minimum Gasteiger partial charge on any atom is -0.394 e. The van der Waals surface area contributed by atoms with E-state index in [4.69, 9.17) is 11.5 Å². The maximum Gasteiger partial charge on any atom is 0.326 e. The van der Waals surface area contributed by atoms with Gasteiger partial charge in [-0.3, -0.25) is 4.57 Å². The molecule has 0 spiro atoms. The van der Waals surface area contributed by atoms with Gasteiger partial charge in [0.2, 0.25) is 0 Å². The molecule has 1 aliphatic carbocycles. The first-order chi connectivity index (χ1) is 9.09. The Hall–Kier alpha value is -1.98. The third kappa shape index (κ3) is 1.78. The molecule has 2 aromatic rings. The van der Waals surface area contributed by atoms with Crippen LogP contribution in [0.2, 0.25) is 0 Å². The van der Waals surface area contributed by atoms with Crippen molar-refractivity contribution in [2.45, 2.75) is 38.6 Å². The van der Waals surface area contributed by atoms with E-state index >= 15 is 0 Å². The molecule has 5 N–H and O–H groups in total. The molecule has 0 aromatic carbocycles. The summed E-state index contributed by atoms with van der Waals surface area (Å²) < 4.78 is 1.78. The first kappa shape index (κ1) is 12.1. The average molecular weight is 261 g/mol. The number of anilines is 2. The number of nitrogens with zero attached hydrogens (tertiary/aromatic N) is 2. The summed E-state index contributed by atoms with van der Waals surface area (Å²) in [5.41, 5.74) is 13.4. The quantitative estimate of drug-likeness (QED) is 0.726. The zero-order valence-corrected chi connectivity index (χ0v) is 11.0. The molecule has 2 aromatic heterocycles. The van der Waals surface area contributed by atoms with Crippen molar-refractivity contribution in [1.82, 2.24) is 14.5 Å². The fourth-order valence-corrected chi connectivity index (χ4v) is 3.16. The van der Waals surface area contributed by atoms with E-state index in [0.717, 1.165) is 19.3 Å². The van der Waals surface area contributed by atoms with Crippen molar-refractivity contribution >= 4 is 22.5 Å². The Kier molecular flexibility index (Phi) is 2.73. The summed E-state index contributed by atoms with van der Waals surface area (Å²) in [4.78, 5) is 19.0. The SMILES string of the molecule is C[C@@H]1CCCC[C@@H]1n1c(=O)[nH]c2cnc(N)c(N)c21. The molecule has 0 saturated heterocycles. The highest BCUT2D eigenvalue weighted by molar-refractivity contribution is 5.91. The molecule has 2 atom stereocenters. The summed E-state index contributed by atoms with van der Waals surface area (Å²) in [7, 11) is 0. The maximum absolute atomic E-state index is 12.2. The van der Waals surface area contributed by atoms with E-state index in [0.29, 0.717) is 22.6 Å². The number of fused-ring (bicyclic) bond motifs is 1. The molecule has 6 nitrogen and oxygen atoms in total. The van der Waals surface area contributed by atoms with Crippen LogP contribution in [-0.2, 0) is 0 Å². The Morgan fingerprint density at radius 2 is 2.11 bits per heavy atom. The predicted molar refractivity (Wildman–Crippen MR) is 75.8 cm³/mol. The normalized spacial score (nSPS) is 23.8. The molecule has 0 bridgehead atoms. The zero-order valence-electron chi connectivity index (χ0n) is 11.0. The lowest BCUT2D eigenvalue weighted by Crippen LogP contribution is -2.29. The van der Waals surface area contributed by atoms with Crippen molar-refractivity contribution in [3.8, 4) is 0 Å². The first-order valence-electron chi connectivity index (χ1n) is 6.73. The number of nitrogen functional groups attached to an aromatic ring is 2. The molecule has 102 valence electrons. The van der Waals surface area contributed by atoms with E-state index in [1.807, 2.05) is 0 Å². The fourth-order valence-electron chi connectivity index (χ4n) is 3.16. The van der Waals surface area contributed by atoms with Gasteiger partial charge in [0.05, 0.1) is 17.2 Å². The minimum absolute atomic E-state index is 0.118. The lowest BCUT2D eigenvalue weighted by molar-refractivity contribution is 0.258. The van der Waals surface area contributed by atoms with Crippen LogP contribution >= 0.6 is 0 Å². The van der Waals surface area contributed by atoms with Gasteiger partial charge in [-0.1, -0.05) is 19.8 Å². The second-order valence-electron chi connectivity index (χ2n) is 5.45. The average Bonchev–Trinajstić information content (AvgIpc) is 2.72. The second kappa shape index (κ2) is 4.29. The Morgan fingerprint density at radius 3 is 2.84 bits per heavy atom. The summed E-state index contributed by atoms with van der Waals surface area (Å²) in [6.07, 6.45) is 6.11. The number of aromatic nitrogens is 3. The molecule has 19 heavy (non-hydrogen) atoms. The summed E-state index contributed by atoms with van der Waals surface area (Å²) in [5, 5.41) is 0. The number of nitrogens with one attached hydrogen (secondary N) is 1. The molecule has 3 rings (SSSR count). The first-order valence-corrected chi connectivity index (χ1v) is 6.73. The number of nitrogens with two attached hydrogens (primary N) is 2. The van der Waals surface area contributed by atoms with Crippen LogP contribution in [0.25, 0.3) is 11.0 Å². The van der Waals surface area contributed by atoms with Crippen molar-refractivity contribution in [3.63, 3.8) is 0 Å². The highest BCUT2D eigenvalue weighted by Gasteiger charge is 2.27. The number of hydrogen-bond acceptors (Lipinski definition) is 4. The predicted octanol–water partition coefficient (Wildman–Crippen LogP) is 1.64. The number of pyridine rings is 1. The number of aromatic amines is 1. The molecular formula is C13H19N5O. The van der Waals surface area contributed by atoms with Gasteiger partial charge in [-0.05, 0) is 18.8 Å². The lowest BCUT2D eigenvalue weighted by atomic mass is 9.85. The van der Waals surface area contributed by atoms with Crippen molar-refractivity contribution < 1.29 is 0 Å². The van der Waals surface area contributed by atoms with Gasteiger partial charge in [-0.2, -0.15) is 0 Å². The topological polar surface area (TPSA) is 103 Å². The van der Waals surface area contributed by atoms with E-state index in [2.05, 4.69) is 16.9 Å². The number of imidazole rings is 1. The van der Waals surface area contributed by atoms with E-state index < -0.39 is 0 Å². The summed E-state index contributed by atoms with van der Waals surface area (Å²) in [6.45, 7) is 2.19. The third-order valence-electron chi connectivity index (χ3n) is 4.22. The molecule has 0 radical (unpaired) electrons. The second-order valence-corrected chi connectivity index (χ2v) is 5.45. The standard InChI is InChI=1S/C13H19N5O/c1-7-4-2-3-5-9(7)18-11-8(17-13(18)19)6-16-12(15)10(11)14/h6-7,9H,2-5,14H2,1H3,(H2,15,16)(H,17,19)/t7-,9+/m1/s1. The van der Waals surface area contributed by atoms with Gasteiger partial charge >= 0.3 is 5.69 Å². The molecule has 0 amide bonds. The van der Waals surface area contributed by atoms with Crippen LogP contribution in [0.15, 0.2) is 11.0 Å². The summed E-state index contributed by atoms with van der Waals surface area (Å²) >= 11 is 0. The van der Waals surface area contributed by atoms with Crippen molar-refractivity contribution in [2.24, 2.45) is 5.92 Å². The van der Waals surface area contributed by atoms with Crippen LogP contribution in [0.1, 0.15) is 38.6 Å². The highest BCUT2D eigenvalue weighted by atomic mass is 16.1.